The summed E-state index contributed by atoms with van der Waals surface area (Å²) in [5.74, 6) is 0.398. The first kappa shape index (κ1) is 19.8. The van der Waals surface area contributed by atoms with Gasteiger partial charge >= 0.3 is 0 Å². The summed E-state index contributed by atoms with van der Waals surface area (Å²) in [4.78, 5) is 25.1. The summed E-state index contributed by atoms with van der Waals surface area (Å²) in [6.07, 6.45) is 1.04. The Kier molecular flexibility index (Phi) is 5.94. The Morgan fingerprint density at radius 3 is 2.71 bits per heavy atom. The molecule has 2 aromatic carbocycles. The van der Waals surface area contributed by atoms with Crippen molar-refractivity contribution in [3.63, 3.8) is 0 Å². The van der Waals surface area contributed by atoms with E-state index in [4.69, 9.17) is 9.47 Å². The van der Waals surface area contributed by atoms with Gasteiger partial charge in [0.05, 0.1) is 23.6 Å². The fourth-order valence-electron chi connectivity index (χ4n) is 3.41. The van der Waals surface area contributed by atoms with Crippen LogP contribution in [0.3, 0.4) is 0 Å². The molecule has 148 valence electrons. The van der Waals surface area contributed by atoms with Crippen LogP contribution in [0.25, 0.3) is 0 Å². The van der Waals surface area contributed by atoms with Crippen LogP contribution in [0.15, 0.2) is 54.6 Å². The van der Waals surface area contributed by atoms with E-state index in [1.54, 1.807) is 17.0 Å². The number of ether oxygens (including phenoxy) is 2. The predicted octanol–water partition coefficient (Wildman–Crippen LogP) is 3.57. The Morgan fingerprint density at radius 1 is 1.25 bits per heavy atom. The van der Waals surface area contributed by atoms with Gasteiger partial charge in [0.15, 0.2) is 0 Å². The zero-order valence-corrected chi connectivity index (χ0v) is 16.0. The molecule has 1 saturated heterocycles. The van der Waals surface area contributed by atoms with Crippen molar-refractivity contribution >= 4 is 11.6 Å². The van der Waals surface area contributed by atoms with Crippen LogP contribution in [0.1, 0.15) is 25.8 Å². The molecule has 0 aromatic heterocycles. The summed E-state index contributed by atoms with van der Waals surface area (Å²) >= 11 is 0. The maximum absolute atomic E-state index is 12.9. The second-order valence-corrected chi connectivity index (χ2v) is 7.23. The minimum atomic E-state index is -0.718. The molecule has 1 fully saturated rings. The summed E-state index contributed by atoms with van der Waals surface area (Å²) in [5.41, 5.74) is 0.360. The molecule has 3 rings (SSSR count). The standard InChI is InChI=1S/C21H24N2O5/c1-21(2)22(20(24)12-11-16-7-4-3-5-8-16)18(15-28-21)14-27-19-10-6-9-17(13-19)23(25)26/h3-10,13,18H,11-12,14-15H2,1-2H3/t18-/m1/s1. The van der Waals surface area contributed by atoms with Crippen molar-refractivity contribution in [2.45, 2.75) is 38.5 Å². The molecular formula is C21H24N2O5. The highest BCUT2D eigenvalue weighted by Gasteiger charge is 2.43. The molecule has 7 nitrogen and oxygen atoms in total. The number of hydrogen-bond acceptors (Lipinski definition) is 5. The van der Waals surface area contributed by atoms with Gasteiger partial charge in [0.2, 0.25) is 5.91 Å². The van der Waals surface area contributed by atoms with Gasteiger partial charge in [-0.15, -0.1) is 0 Å². The maximum atomic E-state index is 12.9. The van der Waals surface area contributed by atoms with Crippen LogP contribution in [0.5, 0.6) is 5.75 Å². The van der Waals surface area contributed by atoms with E-state index in [2.05, 4.69) is 0 Å². The molecule has 1 amide bonds. The number of aryl methyl sites for hydroxylation is 1. The third-order valence-electron chi connectivity index (χ3n) is 4.78. The highest BCUT2D eigenvalue weighted by molar-refractivity contribution is 5.77. The van der Waals surface area contributed by atoms with E-state index in [0.717, 1.165) is 5.56 Å². The monoisotopic (exact) mass is 384 g/mol. The maximum Gasteiger partial charge on any atom is 0.273 e. The summed E-state index contributed by atoms with van der Waals surface area (Å²) in [5, 5.41) is 10.9. The summed E-state index contributed by atoms with van der Waals surface area (Å²) in [6, 6.07) is 15.6. The van der Waals surface area contributed by atoms with Crippen molar-refractivity contribution in [3.05, 3.63) is 70.3 Å². The first-order chi connectivity index (χ1) is 13.4. The number of nitro benzene ring substituents is 1. The Balaban J connectivity index is 1.64. The van der Waals surface area contributed by atoms with Crippen LogP contribution in [0.4, 0.5) is 5.69 Å². The van der Waals surface area contributed by atoms with E-state index in [0.29, 0.717) is 25.2 Å². The van der Waals surface area contributed by atoms with Gasteiger partial charge in [-0.3, -0.25) is 14.9 Å². The number of carbonyl (C=O) groups is 1. The number of non-ortho nitro benzene ring substituents is 1. The third kappa shape index (κ3) is 4.67. The van der Waals surface area contributed by atoms with Crippen molar-refractivity contribution in [3.8, 4) is 5.75 Å². The van der Waals surface area contributed by atoms with Gasteiger partial charge in [0.25, 0.3) is 5.69 Å². The van der Waals surface area contributed by atoms with E-state index in [1.807, 2.05) is 44.2 Å². The Morgan fingerprint density at radius 2 is 2.00 bits per heavy atom. The molecule has 0 spiro atoms. The van der Waals surface area contributed by atoms with Crippen molar-refractivity contribution in [2.75, 3.05) is 13.2 Å². The molecule has 1 heterocycles. The number of nitro groups is 1. The van der Waals surface area contributed by atoms with E-state index in [-0.39, 0.29) is 24.2 Å². The number of rotatable bonds is 7. The van der Waals surface area contributed by atoms with E-state index in [9.17, 15) is 14.9 Å². The van der Waals surface area contributed by atoms with Crippen LogP contribution >= 0.6 is 0 Å². The topological polar surface area (TPSA) is 81.9 Å². The lowest BCUT2D eigenvalue weighted by Gasteiger charge is -2.33. The number of nitrogens with zero attached hydrogens (tertiary/aromatic N) is 2. The van der Waals surface area contributed by atoms with Gasteiger partial charge in [0, 0.05) is 12.5 Å². The normalized spacial score (nSPS) is 18.1. The Hall–Kier alpha value is -2.93. The van der Waals surface area contributed by atoms with E-state index in [1.165, 1.54) is 12.1 Å². The first-order valence-corrected chi connectivity index (χ1v) is 9.24. The van der Waals surface area contributed by atoms with Crippen LogP contribution in [-0.4, -0.2) is 40.7 Å². The lowest BCUT2D eigenvalue weighted by Crippen LogP contribution is -2.49. The van der Waals surface area contributed by atoms with Crippen LogP contribution in [0, 0.1) is 10.1 Å². The number of benzene rings is 2. The minimum absolute atomic E-state index is 0.000930. The lowest BCUT2D eigenvalue weighted by molar-refractivity contribution is -0.384. The minimum Gasteiger partial charge on any atom is -0.491 e. The fourth-order valence-corrected chi connectivity index (χ4v) is 3.41. The molecule has 7 heteroatoms. The summed E-state index contributed by atoms with van der Waals surface area (Å²) in [6.45, 7) is 4.29. The molecule has 1 aliphatic rings. The second-order valence-electron chi connectivity index (χ2n) is 7.23. The zero-order valence-electron chi connectivity index (χ0n) is 16.0. The fraction of sp³-hybridized carbons (Fsp3) is 0.381. The van der Waals surface area contributed by atoms with Gasteiger partial charge in [-0.2, -0.15) is 0 Å². The summed E-state index contributed by atoms with van der Waals surface area (Å²) in [7, 11) is 0. The molecule has 0 aliphatic carbocycles. The van der Waals surface area contributed by atoms with Crippen molar-refractivity contribution in [1.29, 1.82) is 0 Å². The molecule has 1 aliphatic heterocycles. The van der Waals surface area contributed by atoms with Crippen molar-refractivity contribution < 1.29 is 19.2 Å². The predicted molar refractivity (Wildman–Crippen MR) is 104 cm³/mol. The molecule has 0 N–H and O–H groups in total. The second kappa shape index (κ2) is 8.39. The molecule has 0 radical (unpaired) electrons. The highest BCUT2D eigenvalue weighted by atomic mass is 16.6. The molecule has 2 aromatic rings. The zero-order chi connectivity index (χ0) is 20.1. The van der Waals surface area contributed by atoms with Gasteiger partial charge in [-0.1, -0.05) is 36.4 Å². The van der Waals surface area contributed by atoms with Crippen LogP contribution in [0.2, 0.25) is 0 Å². The van der Waals surface area contributed by atoms with Gasteiger partial charge in [-0.25, -0.2) is 0 Å². The first-order valence-electron chi connectivity index (χ1n) is 9.24. The van der Waals surface area contributed by atoms with E-state index >= 15 is 0 Å². The molecule has 0 saturated carbocycles. The third-order valence-corrected chi connectivity index (χ3v) is 4.78. The number of carbonyl (C=O) groups excluding carboxylic acids is 1. The molecule has 0 unspecified atom stereocenters. The SMILES string of the molecule is CC1(C)OC[C@@H](COc2cccc([N+](=O)[O-])c2)N1C(=O)CCc1ccccc1. The quantitative estimate of drug-likeness (QED) is 0.538. The van der Waals surface area contributed by atoms with Crippen LogP contribution < -0.4 is 4.74 Å². The number of hydrogen-bond donors (Lipinski definition) is 0. The van der Waals surface area contributed by atoms with Crippen molar-refractivity contribution in [2.24, 2.45) is 0 Å². The van der Waals surface area contributed by atoms with Gasteiger partial charge in [-0.05, 0) is 31.9 Å². The van der Waals surface area contributed by atoms with Gasteiger partial charge < -0.3 is 14.4 Å². The number of amides is 1. The van der Waals surface area contributed by atoms with E-state index < -0.39 is 10.6 Å². The molecule has 1 atom stereocenters. The molecule has 0 bridgehead atoms. The molecular weight excluding hydrogens is 360 g/mol. The van der Waals surface area contributed by atoms with Gasteiger partial charge in [0.1, 0.15) is 18.1 Å². The Labute approximate surface area is 164 Å². The molecule has 28 heavy (non-hydrogen) atoms. The van der Waals surface area contributed by atoms with Crippen molar-refractivity contribution in [1.82, 2.24) is 4.90 Å². The van der Waals surface area contributed by atoms with Crippen LogP contribution in [-0.2, 0) is 16.0 Å². The Bertz CT molecular complexity index is 838. The summed E-state index contributed by atoms with van der Waals surface area (Å²) < 4.78 is 11.5. The smallest absolute Gasteiger partial charge is 0.273 e. The average molecular weight is 384 g/mol. The largest absolute Gasteiger partial charge is 0.491 e. The average Bonchev–Trinajstić information content (AvgIpc) is 3.00. The lowest BCUT2D eigenvalue weighted by atomic mass is 10.1. The highest BCUT2D eigenvalue weighted by Crippen LogP contribution is 2.29.